The van der Waals surface area contributed by atoms with Gasteiger partial charge in [-0.3, -0.25) is 19.2 Å². The summed E-state index contributed by atoms with van der Waals surface area (Å²) in [5.41, 5.74) is 0. The molecular formula is C90H158N4O39. The summed E-state index contributed by atoms with van der Waals surface area (Å²) in [5.74, 6) is -14.5. The van der Waals surface area contributed by atoms with Crippen molar-refractivity contribution in [1.29, 1.82) is 0 Å². The molecular weight excluding hydrogens is 1760 g/mol. The van der Waals surface area contributed by atoms with E-state index in [-0.39, 0.29) is 6.42 Å². The second-order valence-electron chi connectivity index (χ2n) is 36.0. The highest BCUT2D eigenvalue weighted by atomic mass is 16.8. The van der Waals surface area contributed by atoms with Gasteiger partial charge in [0.1, 0.15) is 134 Å². The molecule has 43 nitrogen and oxygen atoms in total. The number of rotatable bonds is 64. The fourth-order valence-corrected chi connectivity index (χ4v) is 17.7. The van der Waals surface area contributed by atoms with E-state index in [9.17, 15) is 136 Å². The molecule has 6 saturated heterocycles. The van der Waals surface area contributed by atoms with Crippen molar-refractivity contribution in [2.75, 3.05) is 46.2 Å². The lowest BCUT2D eigenvalue weighted by atomic mass is 9.88. The minimum absolute atomic E-state index is 0.0912. The van der Waals surface area contributed by atoms with Crippen LogP contribution >= 0.6 is 0 Å². The number of carbonyl (C=O) groups is 6. The van der Waals surface area contributed by atoms with E-state index < -0.39 is 302 Å². The molecule has 0 radical (unpaired) electrons. The summed E-state index contributed by atoms with van der Waals surface area (Å²) in [7, 11) is 0. The first-order chi connectivity index (χ1) is 63.6. The molecule has 0 aliphatic carbocycles. The monoisotopic (exact) mass is 1920 g/mol. The third-order valence-electron chi connectivity index (χ3n) is 25.2. The van der Waals surface area contributed by atoms with Crippen molar-refractivity contribution >= 4 is 35.6 Å². The number of amides is 4. The highest BCUT2D eigenvalue weighted by Gasteiger charge is 2.64. The van der Waals surface area contributed by atoms with E-state index in [1.54, 1.807) is 6.08 Å². The number of allylic oxidation sites excluding steroid dienone is 3. The van der Waals surface area contributed by atoms with Crippen LogP contribution in [0, 0.1) is 0 Å². The lowest BCUT2D eigenvalue weighted by molar-refractivity contribution is -0.405. The molecule has 43 heteroatoms. The van der Waals surface area contributed by atoms with Crippen molar-refractivity contribution in [3.8, 4) is 0 Å². The number of unbranched alkanes of at least 4 members (excludes halogenated alkanes) is 28. The van der Waals surface area contributed by atoms with Gasteiger partial charge < -0.3 is 185 Å². The van der Waals surface area contributed by atoms with Crippen LogP contribution in [0.25, 0.3) is 0 Å². The topological polar surface area (TPSA) is 686 Å². The first-order valence-electron chi connectivity index (χ1n) is 47.9. The fourth-order valence-electron chi connectivity index (χ4n) is 17.7. The van der Waals surface area contributed by atoms with Crippen molar-refractivity contribution in [1.82, 2.24) is 21.3 Å². The number of ether oxygens (including phenoxy) is 12. The molecule has 0 saturated carbocycles. The van der Waals surface area contributed by atoms with Crippen LogP contribution in [0.3, 0.4) is 0 Å². The molecule has 6 fully saturated rings. The molecule has 0 aromatic heterocycles. The van der Waals surface area contributed by atoms with E-state index in [2.05, 4.69) is 47.3 Å². The van der Waals surface area contributed by atoms with E-state index in [1.807, 2.05) is 0 Å². The second kappa shape index (κ2) is 60.9. The van der Waals surface area contributed by atoms with Gasteiger partial charge in [0.15, 0.2) is 25.2 Å². The van der Waals surface area contributed by atoms with Gasteiger partial charge in [0.05, 0.1) is 82.7 Å². The predicted octanol–water partition coefficient (Wildman–Crippen LogP) is -1.75. The first-order valence-corrected chi connectivity index (χ1v) is 47.9. The molecule has 772 valence electrons. The summed E-state index contributed by atoms with van der Waals surface area (Å²) in [6, 6.07) is -6.95. The van der Waals surface area contributed by atoms with Crippen LogP contribution in [0.2, 0.25) is 0 Å². The zero-order chi connectivity index (χ0) is 98.1. The molecule has 34 unspecified atom stereocenters. The Kier molecular flexibility index (Phi) is 53.5. The van der Waals surface area contributed by atoms with E-state index in [4.69, 9.17) is 56.8 Å². The zero-order valence-electron chi connectivity index (χ0n) is 77.5. The van der Waals surface area contributed by atoms with Crippen LogP contribution in [0.15, 0.2) is 24.3 Å². The van der Waals surface area contributed by atoms with Crippen LogP contribution in [0.1, 0.15) is 253 Å². The average molecular weight is 1920 g/mol. The molecule has 6 aliphatic rings. The van der Waals surface area contributed by atoms with Crippen molar-refractivity contribution < 1.29 is 193 Å². The van der Waals surface area contributed by atoms with E-state index >= 15 is 0 Å². The number of hydrogen-bond donors (Lipinski definition) is 25. The number of aliphatic hydroxyl groups is 19. The lowest BCUT2D eigenvalue weighted by Gasteiger charge is -2.53. The van der Waals surface area contributed by atoms with Gasteiger partial charge in [-0.2, -0.15) is 0 Å². The Bertz CT molecular complexity index is 3360. The highest BCUT2D eigenvalue weighted by Crippen LogP contribution is 2.43. The number of hydrogen-bond acceptors (Lipinski definition) is 37. The maximum atomic E-state index is 14.1. The average Bonchev–Trinajstić information content (AvgIpc) is 0.752. The smallest absolute Gasteiger partial charge is 0.364 e. The largest absolute Gasteiger partial charge is 0.477 e. The van der Waals surface area contributed by atoms with Gasteiger partial charge >= 0.3 is 11.9 Å². The molecule has 34 atom stereocenters. The fraction of sp³-hybridized carbons (Fsp3) is 0.889. The number of aliphatic carboxylic acids is 2. The van der Waals surface area contributed by atoms with E-state index in [0.717, 1.165) is 104 Å². The minimum atomic E-state index is -3.50. The van der Waals surface area contributed by atoms with Crippen LogP contribution in [-0.2, 0) is 85.6 Å². The Hall–Kier alpha value is -4.94. The SMILES string of the molecule is CCCCCCCCC=CCCCCCCCCCCCCCC(=O)NC(COC1OC(CO)C(OC2OC(CO)C(OC3OC(CO)C(O)C(OC4OC(CO)C(O)C(OC5(C(=O)O)CC(O)C(NC(C)=O)C(C(O)C(O)CO)O5)C4O)C3NC(C)=O)C(OC3(C(=O)O)CC(O)C(NC(C)=O)C(C(O)C(O)CO)O3)C2O)C(O)C1O)C(O)C=CCCCCCCCCCCCCC. The maximum Gasteiger partial charge on any atom is 0.364 e. The van der Waals surface area contributed by atoms with Gasteiger partial charge in [0.25, 0.3) is 11.6 Å². The first kappa shape index (κ1) is 117. The van der Waals surface area contributed by atoms with Crippen molar-refractivity contribution in [3.05, 3.63) is 24.3 Å². The maximum absolute atomic E-state index is 14.1. The molecule has 25 N–H and O–H groups in total. The minimum Gasteiger partial charge on any atom is -0.477 e. The van der Waals surface area contributed by atoms with Gasteiger partial charge in [0, 0.05) is 40.0 Å². The number of carboxylic acid groups (broad SMARTS) is 2. The molecule has 0 bridgehead atoms. The summed E-state index contributed by atoms with van der Waals surface area (Å²) >= 11 is 0. The second-order valence-corrected chi connectivity index (χ2v) is 36.0. The standard InChI is InChI=1S/C90H158N4O39/c1-6-8-10-12-14-16-18-20-21-22-23-24-25-26-27-29-31-33-35-37-39-41-64(109)94-54(55(104)40-38-36-34-32-30-28-19-17-15-13-11-9-7-2)50-122-84-73(115)72(114)76(62(48-99)125-84)127-86-75(117)82(133-90(88(120)121)43-57(106)66(92-52(4)102)80(131-90)69(111)59(108)45-96)77(63(49-100)126-86)128-83-67(93-53(5)103)78(70(112)60(46-97)123-83)129-85-74(116)81(71(113)61(47-98)124-85)132-89(87(118)119)42-56(105)65(91-51(3)101)79(130-89)68(110)58(107)44-95/h20-21,38,40,54-63,65-86,95-100,104-108,110-117H,6-19,22-37,39,41-50H2,1-5H3,(H,91,101)(H,92,102)(H,93,103)(H,94,109)(H,118,119)(H,120,121). The molecule has 0 spiro atoms. The number of carbonyl (C=O) groups excluding carboxylic acids is 4. The lowest BCUT2D eigenvalue weighted by Crippen LogP contribution is -2.72. The molecule has 4 amide bonds. The van der Waals surface area contributed by atoms with Gasteiger partial charge in [-0.1, -0.05) is 192 Å². The normalized spacial score (nSPS) is 34.1. The van der Waals surface area contributed by atoms with Gasteiger partial charge in [-0.15, -0.1) is 0 Å². The third-order valence-corrected chi connectivity index (χ3v) is 25.2. The Morgan fingerprint density at radius 2 is 0.744 bits per heavy atom. The van der Waals surface area contributed by atoms with Crippen molar-refractivity contribution in [2.45, 2.75) is 460 Å². The Labute approximate surface area is 777 Å². The van der Waals surface area contributed by atoms with Gasteiger partial charge in [0.2, 0.25) is 23.6 Å². The summed E-state index contributed by atoms with van der Waals surface area (Å²) in [6.07, 6.45) is -22.9. The summed E-state index contributed by atoms with van der Waals surface area (Å²) < 4.78 is 72.5. The third kappa shape index (κ3) is 35.7. The number of carboxylic acids is 2. The van der Waals surface area contributed by atoms with Crippen LogP contribution in [0.5, 0.6) is 0 Å². The molecule has 6 heterocycles. The molecule has 0 aromatic carbocycles. The predicted molar refractivity (Wildman–Crippen MR) is 467 cm³/mol. The van der Waals surface area contributed by atoms with Crippen LogP contribution < -0.4 is 21.3 Å². The van der Waals surface area contributed by atoms with Crippen molar-refractivity contribution in [3.63, 3.8) is 0 Å². The van der Waals surface area contributed by atoms with Gasteiger partial charge in [-0.25, -0.2) is 9.59 Å². The summed E-state index contributed by atoms with van der Waals surface area (Å²) in [4.78, 5) is 79.7. The van der Waals surface area contributed by atoms with Crippen LogP contribution in [-0.4, -0.2) is 396 Å². The highest BCUT2D eigenvalue weighted by molar-refractivity contribution is 5.78. The Morgan fingerprint density at radius 3 is 1.17 bits per heavy atom. The van der Waals surface area contributed by atoms with Crippen LogP contribution in [0.4, 0.5) is 0 Å². The van der Waals surface area contributed by atoms with E-state index in [0.29, 0.717) is 12.8 Å². The molecule has 6 rings (SSSR count). The summed E-state index contributed by atoms with van der Waals surface area (Å²) in [6.45, 7) is -0.820. The Balaban J connectivity index is 1.26. The summed E-state index contributed by atoms with van der Waals surface area (Å²) in [5, 5.41) is 248. The van der Waals surface area contributed by atoms with E-state index in [1.165, 1.54) is 109 Å². The quantitative estimate of drug-likeness (QED) is 0.0237. The van der Waals surface area contributed by atoms with Crippen molar-refractivity contribution in [2.24, 2.45) is 0 Å². The van der Waals surface area contributed by atoms with Gasteiger partial charge in [-0.05, 0) is 44.9 Å². The molecule has 133 heavy (non-hydrogen) atoms. The molecule has 6 aliphatic heterocycles. The number of aliphatic hydroxyl groups excluding tert-OH is 19. The molecule has 0 aromatic rings. The number of nitrogens with one attached hydrogen (secondary N) is 4. The zero-order valence-corrected chi connectivity index (χ0v) is 77.5. The Morgan fingerprint density at radius 1 is 0.391 bits per heavy atom.